The first-order valence-corrected chi connectivity index (χ1v) is 5.90. The Morgan fingerprint density at radius 2 is 1.95 bits per heavy atom. The van der Waals surface area contributed by atoms with Gasteiger partial charge in [0.05, 0.1) is 11.7 Å². The van der Waals surface area contributed by atoms with Crippen LogP contribution >= 0.6 is 0 Å². The molecule has 2 rings (SSSR count). The first kappa shape index (κ1) is 14.4. The highest BCUT2D eigenvalue weighted by atomic mass is 16.3. The highest BCUT2D eigenvalue weighted by Crippen LogP contribution is 2.26. The smallest absolute Gasteiger partial charge is 0.316 e. The fourth-order valence-electron chi connectivity index (χ4n) is 1.92. The zero-order valence-electron chi connectivity index (χ0n) is 11.0. The molecule has 0 radical (unpaired) electrons. The number of rotatable bonds is 3. The van der Waals surface area contributed by atoms with Crippen molar-refractivity contribution < 1.29 is 9.59 Å². The summed E-state index contributed by atoms with van der Waals surface area (Å²) in [4.78, 5) is 49.1. The highest BCUT2D eigenvalue weighted by Gasteiger charge is 2.22. The molecule has 0 spiro atoms. The second-order valence-electron chi connectivity index (χ2n) is 4.31. The number of nitroso groups, excluding NO2 is 2. The molecule has 1 aromatic rings. The maximum atomic E-state index is 11.3. The number of likely N-dealkylation sites (N-methyl/N-ethyl adjacent to an activating group) is 1. The molecule has 2 heterocycles. The first-order valence-electron chi connectivity index (χ1n) is 5.90. The van der Waals surface area contributed by atoms with Gasteiger partial charge in [0.2, 0.25) is 0 Å². The molecule has 1 aliphatic rings. The number of aromatic nitrogens is 1. The van der Waals surface area contributed by atoms with Crippen LogP contribution in [0.1, 0.15) is 22.1 Å². The van der Waals surface area contributed by atoms with Crippen molar-refractivity contribution in [1.29, 1.82) is 0 Å². The molecule has 106 valence electrons. The Morgan fingerprint density at radius 3 is 2.62 bits per heavy atom. The normalized spacial score (nSPS) is 17.1. The van der Waals surface area contributed by atoms with Crippen LogP contribution in [0.3, 0.4) is 0 Å². The molecule has 8 heteroatoms. The standard InChI is InChI=1S/C13H10N4O4/c1-17-5-3-9(13(19)16-21)7-11(17)10-6-8(2-4-14-10)12(18)15-20/h2-7,11H,1H3. The summed E-state index contributed by atoms with van der Waals surface area (Å²) >= 11 is 0. The Balaban J connectivity index is 2.40. The molecule has 0 bridgehead atoms. The molecule has 0 N–H and O–H groups in total. The van der Waals surface area contributed by atoms with Crippen LogP contribution in [0.25, 0.3) is 0 Å². The van der Waals surface area contributed by atoms with Crippen LogP contribution in [0.2, 0.25) is 0 Å². The van der Waals surface area contributed by atoms with Crippen molar-refractivity contribution in [1.82, 2.24) is 9.88 Å². The number of hydrogen-bond donors (Lipinski definition) is 0. The van der Waals surface area contributed by atoms with Crippen molar-refractivity contribution in [2.24, 2.45) is 10.4 Å². The molecule has 0 aromatic carbocycles. The summed E-state index contributed by atoms with van der Waals surface area (Å²) in [5, 5.41) is 4.72. The molecule has 0 saturated carbocycles. The number of nitrogens with zero attached hydrogens (tertiary/aromatic N) is 4. The molecular weight excluding hydrogens is 276 g/mol. The predicted molar refractivity (Wildman–Crippen MR) is 72.9 cm³/mol. The van der Waals surface area contributed by atoms with Crippen molar-refractivity contribution >= 4 is 11.8 Å². The monoisotopic (exact) mass is 286 g/mol. The van der Waals surface area contributed by atoms with Gasteiger partial charge < -0.3 is 4.90 Å². The minimum absolute atomic E-state index is 0.104. The molecule has 1 atom stereocenters. The van der Waals surface area contributed by atoms with Crippen LogP contribution in [-0.4, -0.2) is 28.7 Å². The number of pyridine rings is 1. The van der Waals surface area contributed by atoms with E-state index in [1.54, 1.807) is 18.1 Å². The van der Waals surface area contributed by atoms with E-state index in [-0.39, 0.29) is 11.1 Å². The van der Waals surface area contributed by atoms with Gasteiger partial charge in [0.1, 0.15) is 0 Å². The van der Waals surface area contributed by atoms with Crippen molar-refractivity contribution in [3.05, 3.63) is 63.3 Å². The summed E-state index contributed by atoms with van der Waals surface area (Å²) in [6, 6.07) is 2.32. The summed E-state index contributed by atoms with van der Waals surface area (Å²) in [6.45, 7) is 0. The molecule has 1 aliphatic heterocycles. The fourth-order valence-corrected chi connectivity index (χ4v) is 1.92. The van der Waals surface area contributed by atoms with Gasteiger partial charge in [-0.05, 0) is 24.3 Å². The zero-order valence-corrected chi connectivity index (χ0v) is 11.0. The van der Waals surface area contributed by atoms with E-state index in [0.29, 0.717) is 5.69 Å². The summed E-state index contributed by atoms with van der Waals surface area (Å²) in [6.07, 6.45) is 5.93. The minimum atomic E-state index is -0.900. The van der Waals surface area contributed by atoms with E-state index in [2.05, 4.69) is 15.3 Å². The number of hydrogen-bond acceptors (Lipinski definition) is 6. The Morgan fingerprint density at radius 1 is 1.24 bits per heavy atom. The summed E-state index contributed by atoms with van der Waals surface area (Å²) < 4.78 is 0. The van der Waals surface area contributed by atoms with E-state index in [4.69, 9.17) is 0 Å². The van der Waals surface area contributed by atoms with E-state index in [9.17, 15) is 19.4 Å². The summed E-state index contributed by atoms with van der Waals surface area (Å²) in [5.41, 5.74) is 0.681. The van der Waals surface area contributed by atoms with Crippen LogP contribution in [0.4, 0.5) is 0 Å². The van der Waals surface area contributed by atoms with Gasteiger partial charge in [0.25, 0.3) is 0 Å². The van der Waals surface area contributed by atoms with Crippen molar-refractivity contribution in [3.8, 4) is 0 Å². The van der Waals surface area contributed by atoms with Gasteiger partial charge in [-0.3, -0.25) is 14.6 Å². The molecule has 0 saturated heterocycles. The van der Waals surface area contributed by atoms with Crippen LogP contribution in [0, 0.1) is 9.81 Å². The van der Waals surface area contributed by atoms with Crippen LogP contribution < -0.4 is 0 Å². The van der Waals surface area contributed by atoms with Gasteiger partial charge in [-0.2, -0.15) is 0 Å². The van der Waals surface area contributed by atoms with Crippen molar-refractivity contribution in [2.75, 3.05) is 7.05 Å². The molecule has 2 amide bonds. The summed E-state index contributed by atoms with van der Waals surface area (Å²) in [5.74, 6) is -1.78. The second kappa shape index (κ2) is 5.95. The molecule has 1 unspecified atom stereocenters. The third-order valence-corrected chi connectivity index (χ3v) is 3.01. The summed E-state index contributed by atoms with van der Waals surface area (Å²) in [7, 11) is 1.74. The predicted octanol–water partition coefficient (Wildman–Crippen LogP) is 1.71. The van der Waals surface area contributed by atoms with Crippen LogP contribution in [0.5, 0.6) is 0 Å². The number of amides is 2. The fraction of sp³-hybridized carbons (Fsp3) is 0.154. The highest BCUT2D eigenvalue weighted by molar-refractivity contribution is 5.97. The Kier molecular flexibility index (Phi) is 4.07. The van der Waals surface area contributed by atoms with Gasteiger partial charge in [0, 0.05) is 40.9 Å². The molecular formula is C13H10N4O4. The lowest BCUT2D eigenvalue weighted by molar-refractivity contribution is -0.114. The zero-order chi connectivity index (χ0) is 15.4. The topological polar surface area (TPSA) is 109 Å². The van der Waals surface area contributed by atoms with Crippen LogP contribution in [-0.2, 0) is 4.79 Å². The second-order valence-corrected chi connectivity index (χ2v) is 4.31. The van der Waals surface area contributed by atoms with Gasteiger partial charge >= 0.3 is 11.8 Å². The van der Waals surface area contributed by atoms with E-state index in [1.165, 1.54) is 30.5 Å². The largest absolute Gasteiger partial charge is 0.368 e. The van der Waals surface area contributed by atoms with Gasteiger partial charge in [-0.1, -0.05) is 0 Å². The van der Waals surface area contributed by atoms with Crippen molar-refractivity contribution in [2.45, 2.75) is 6.04 Å². The molecule has 1 aromatic heterocycles. The maximum Gasteiger partial charge on any atom is 0.316 e. The van der Waals surface area contributed by atoms with E-state index in [1.807, 2.05) is 0 Å². The van der Waals surface area contributed by atoms with Gasteiger partial charge in [-0.25, -0.2) is 0 Å². The first-order chi connectivity index (χ1) is 10.1. The minimum Gasteiger partial charge on any atom is -0.368 e. The van der Waals surface area contributed by atoms with E-state index >= 15 is 0 Å². The van der Waals surface area contributed by atoms with Crippen LogP contribution in [0.15, 0.2) is 52.6 Å². The Bertz CT molecular complexity index is 681. The number of carbonyl (C=O) groups excluding carboxylic acids is 2. The van der Waals surface area contributed by atoms with Crippen molar-refractivity contribution in [3.63, 3.8) is 0 Å². The Hall–Kier alpha value is -3.03. The average molecular weight is 286 g/mol. The molecule has 8 nitrogen and oxygen atoms in total. The quantitative estimate of drug-likeness (QED) is 0.782. The third kappa shape index (κ3) is 2.94. The Labute approximate surface area is 119 Å². The lowest BCUT2D eigenvalue weighted by Crippen LogP contribution is -2.22. The SMILES string of the molecule is CN1C=CC(C(=O)N=O)=CC1c1cc(C(=O)N=O)ccn1. The van der Waals surface area contributed by atoms with E-state index in [0.717, 1.165) is 0 Å². The van der Waals surface area contributed by atoms with E-state index < -0.39 is 17.9 Å². The molecule has 21 heavy (non-hydrogen) atoms. The van der Waals surface area contributed by atoms with Gasteiger partial charge in [-0.15, -0.1) is 9.81 Å². The van der Waals surface area contributed by atoms with Gasteiger partial charge in [0.15, 0.2) is 0 Å². The number of carbonyl (C=O) groups is 2. The lowest BCUT2D eigenvalue weighted by Gasteiger charge is -2.27. The maximum absolute atomic E-state index is 11.3. The third-order valence-electron chi connectivity index (χ3n) is 3.01. The molecule has 0 aliphatic carbocycles. The molecule has 0 fully saturated rings. The average Bonchev–Trinajstić information content (AvgIpc) is 2.53. The lowest BCUT2D eigenvalue weighted by atomic mass is 10.0.